The van der Waals surface area contributed by atoms with Gasteiger partial charge in [-0.3, -0.25) is 8.97 Å². The molecule has 230 valence electrons. The number of halogens is 1. The summed E-state index contributed by atoms with van der Waals surface area (Å²) in [5.74, 6) is 0. The average Bonchev–Trinajstić information content (AvgIpc) is 3.75. The van der Waals surface area contributed by atoms with Gasteiger partial charge in [0, 0.05) is 61.0 Å². The van der Waals surface area contributed by atoms with Crippen molar-refractivity contribution in [2.75, 3.05) is 0 Å². The molecule has 0 saturated carbocycles. The lowest BCUT2D eigenvalue weighted by molar-refractivity contribution is 0.402. The molecule has 1 unspecified atom stereocenters. The van der Waals surface area contributed by atoms with Gasteiger partial charge >= 0.3 is 0 Å². The van der Waals surface area contributed by atoms with Crippen LogP contribution in [0.1, 0.15) is 42.3 Å². The summed E-state index contributed by atoms with van der Waals surface area (Å²) >= 11 is 1.84. The van der Waals surface area contributed by atoms with Crippen LogP contribution in [-0.4, -0.2) is 18.9 Å². The van der Waals surface area contributed by atoms with Gasteiger partial charge in [0.25, 0.3) is 0 Å². The molecule has 0 radical (unpaired) electrons. The van der Waals surface area contributed by atoms with Crippen LogP contribution in [0.25, 0.3) is 54.9 Å². The van der Waals surface area contributed by atoms with E-state index >= 15 is 4.39 Å². The molecule has 48 heavy (non-hydrogen) atoms. The van der Waals surface area contributed by atoms with Gasteiger partial charge in [0.2, 0.25) is 0 Å². The topological polar surface area (TPSA) is 35.1 Å². The number of hydrogen-bond acceptors (Lipinski definition) is 3. The Morgan fingerprint density at radius 2 is 1.46 bits per heavy atom. The molecule has 5 aromatic carbocycles. The van der Waals surface area contributed by atoms with Crippen molar-refractivity contribution in [1.29, 1.82) is 0 Å². The van der Waals surface area contributed by atoms with Crippen molar-refractivity contribution in [1.82, 2.24) is 18.9 Å². The second-order valence-electron chi connectivity index (χ2n) is 13.2. The highest BCUT2D eigenvalue weighted by Gasteiger charge is 2.35. The molecule has 10 rings (SSSR count). The zero-order chi connectivity index (χ0) is 32.1. The van der Waals surface area contributed by atoms with Gasteiger partial charge in [-0.1, -0.05) is 92.3 Å². The van der Waals surface area contributed by atoms with E-state index in [2.05, 4.69) is 88.5 Å². The minimum atomic E-state index is -1.32. The first kappa shape index (κ1) is 27.6. The van der Waals surface area contributed by atoms with E-state index in [0.29, 0.717) is 11.1 Å². The van der Waals surface area contributed by atoms with Crippen LogP contribution in [0.2, 0.25) is 0 Å². The van der Waals surface area contributed by atoms with Crippen molar-refractivity contribution in [3.8, 4) is 5.69 Å². The minimum Gasteiger partial charge on any atom is -0.299 e. The first-order valence-corrected chi connectivity index (χ1v) is 17.0. The predicted octanol–water partition coefficient (Wildman–Crippen LogP) is 11.0. The molecule has 1 aliphatic heterocycles. The highest BCUT2D eigenvalue weighted by molar-refractivity contribution is 7.99. The third-order valence-corrected chi connectivity index (χ3v) is 11.4. The van der Waals surface area contributed by atoms with E-state index in [1.807, 2.05) is 78.8 Å². The van der Waals surface area contributed by atoms with Crippen molar-refractivity contribution in [3.63, 3.8) is 0 Å². The zero-order valence-electron chi connectivity index (χ0n) is 26.4. The molecule has 4 aromatic heterocycles. The molecule has 0 N–H and O–H groups in total. The van der Waals surface area contributed by atoms with Crippen LogP contribution >= 0.6 is 11.8 Å². The van der Waals surface area contributed by atoms with E-state index in [9.17, 15) is 0 Å². The maximum absolute atomic E-state index is 16.7. The molecule has 9 aromatic rings. The number of imidazole rings is 1. The Bertz CT molecular complexity index is 2770. The summed E-state index contributed by atoms with van der Waals surface area (Å²) in [4.78, 5) is 12.1. The van der Waals surface area contributed by atoms with Gasteiger partial charge in [-0.2, -0.15) is 0 Å². The fraction of sp³-hybridized carbons (Fsp3) is 0.0952. The zero-order valence-corrected chi connectivity index (χ0v) is 27.2. The van der Waals surface area contributed by atoms with Crippen LogP contribution in [0, 0.1) is 0 Å². The van der Waals surface area contributed by atoms with Crippen molar-refractivity contribution < 1.29 is 4.39 Å². The second-order valence-corrected chi connectivity index (χ2v) is 14.2. The van der Waals surface area contributed by atoms with Gasteiger partial charge in [0.05, 0.1) is 11.0 Å². The van der Waals surface area contributed by atoms with E-state index in [-0.39, 0.29) is 5.41 Å². The molecule has 4 nitrogen and oxygen atoms in total. The highest BCUT2D eigenvalue weighted by Crippen LogP contribution is 2.53. The molecule has 6 heteroatoms. The maximum atomic E-state index is 16.7. The molecule has 1 aliphatic rings. The molecule has 0 fully saturated rings. The largest absolute Gasteiger partial charge is 0.299 e. The Balaban J connectivity index is 1.13. The minimum absolute atomic E-state index is 0.141. The number of aromatic nitrogens is 4. The van der Waals surface area contributed by atoms with Crippen LogP contribution in [0.3, 0.4) is 0 Å². The van der Waals surface area contributed by atoms with E-state index in [0.717, 1.165) is 49.6 Å². The van der Waals surface area contributed by atoms with Crippen molar-refractivity contribution in [2.24, 2.45) is 0 Å². The summed E-state index contributed by atoms with van der Waals surface area (Å²) in [6.45, 7) is 4.62. The molecule has 1 atom stereocenters. The fourth-order valence-electron chi connectivity index (χ4n) is 7.85. The van der Waals surface area contributed by atoms with Gasteiger partial charge in [-0.25, -0.2) is 14.4 Å². The quantitative estimate of drug-likeness (QED) is 0.180. The van der Waals surface area contributed by atoms with Gasteiger partial charge in [-0.15, -0.1) is 0 Å². The monoisotopic (exact) mass is 640 g/mol. The Labute approximate surface area is 280 Å². The predicted molar refractivity (Wildman–Crippen MR) is 194 cm³/mol. The summed E-state index contributed by atoms with van der Waals surface area (Å²) in [6, 6.07) is 39.4. The van der Waals surface area contributed by atoms with E-state index in [1.165, 1.54) is 26.3 Å². The second kappa shape index (κ2) is 10.0. The van der Waals surface area contributed by atoms with Crippen LogP contribution < -0.4 is 0 Å². The van der Waals surface area contributed by atoms with Crippen LogP contribution in [0.15, 0.2) is 144 Å². The lowest BCUT2D eigenvalue weighted by Crippen LogP contribution is -2.23. The first-order chi connectivity index (χ1) is 23.5. The molecular formula is C42H29FN4S. The Hall–Kier alpha value is -5.46. The number of rotatable bonds is 3. The number of fused-ring (bicyclic) bond motifs is 12. The van der Waals surface area contributed by atoms with Crippen molar-refractivity contribution in [3.05, 3.63) is 156 Å². The number of hydrogen-bond donors (Lipinski definition) is 0. The molecular weight excluding hydrogens is 612 g/mol. The third kappa shape index (κ3) is 3.78. The van der Waals surface area contributed by atoms with Crippen molar-refractivity contribution >= 4 is 61.0 Å². The highest BCUT2D eigenvalue weighted by atomic mass is 32.2. The Kier molecular flexibility index (Phi) is 5.77. The number of alkyl halides is 1. The number of pyridine rings is 2. The Morgan fingerprint density at radius 3 is 2.40 bits per heavy atom. The van der Waals surface area contributed by atoms with Crippen LogP contribution in [-0.2, 0) is 5.41 Å². The normalized spacial score (nSPS) is 14.6. The van der Waals surface area contributed by atoms with E-state index in [1.54, 1.807) is 6.20 Å². The summed E-state index contributed by atoms with van der Waals surface area (Å²) in [6.07, 6.45) is 4.29. The number of para-hydroxylation sites is 1. The number of benzene rings is 5. The molecule has 5 heterocycles. The fourth-order valence-corrected chi connectivity index (χ4v) is 9.40. The first-order valence-electron chi connectivity index (χ1n) is 16.2. The standard InChI is InChI=1S/C42H29FN4S/c1-42(2)32-13-4-6-15-36(32)48-39-33(42)18-19-35-37(39)30-12-8-20-44-41(30)47(35)27-10-7-9-25(23-27)38(43)26-16-17-28-29-11-3-5-14-34(29)46-22-21-45-40(46)31(28)24-26/h3-24,38H,1-2H3. The molecule has 0 aliphatic carbocycles. The molecule has 0 amide bonds. The van der Waals surface area contributed by atoms with Gasteiger partial charge in [-0.05, 0) is 76.2 Å². The van der Waals surface area contributed by atoms with E-state index < -0.39 is 6.17 Å². The van der Waals surface area contributed by atoms with Crippen LogP contribution in [0.5, 0.6) is 0 Å². The maximum Gasteiger partial charge on any atom is 0.150 e. The van der Waals surface area contributed by atoms with Crippen LogP contribution in [0.4, 0.5) is 4.39 Å². The summed E-state index contributed by atoms with van der Waals surface area (Å²) in [5.41, 5.74) is 8.45. The van der Waals surface area contributed by atoms with Gasteiger partial charge in [0.15, 0.2) is 6.17 Å². The SMILES string of the molecule is CC1(C)c2ccccc2Sc2c1ccc1c2c2cccnc2n1-c1cccc(C(F)c2ccc3c4ccccc4n4ccnc4c3c2)c1. The summed E-state index contributed by atoms with van der Waals surface area (Å²) in [7, 11) is 0. The molecule has 0 saturated heterocycles. The van der Waals surface area contributed by atoms with E-state index in [4.69, 9.17) is 4.98 Å². The Morgan fingerprint density at radius 1 is 0.646 bits per heavy atom. The lowest BCUT2D eigenvalue weighted by Gasteiger charge is -2.35. The number of nitrogens with zero attached hydrogens (tertiary/aromatic N) is 4. The van der Waals surface area contributed by atoms with Crippen molar-refractivity contribution in [2.45, 2.75) is 35.2 Å². The lowest BCUT2D eigenvalue weighted by atomic mass is 9.77. The smallest absolute Gasteiger partial charge is 0.150 e. The van der Waals surface area contributed by atoms with Gasteiger partial charge in [0.1, 0.15) is 11.3 Å². The third-order valence-electron chi connectivity index (χ3n) is 10.2. The summed E-state index contributed by atoms with van der Waals surface area (Å²) < 4.78 is 21.0. The average molecular weight is 641 g/mol. The molecule has 0 bridgehead atoms. The van der Waals surface area contributed by atoms with Gasteiger partial charge < -0.3 is 0 Å². The summed E-state index contributed by atoms with van der Waals surface area (Å²) in [5, 5.41) is 5.41. The molecule has 0 spiro atoms.